The minimum atomic E-state index is -4.35. The second-order valence-electron chi connectivity index (χ2n) is 3.40. The van der Waals surface area contributed by atoms with Crippen molar-refractivity contribution in [1.29, 1.82) is 0 Å². The molecule has 1 N–H and O–H groups in total. The Balaban J connectivity index is 2.46. The first-order chi connectivity index (χ1) is 6.98. The van der Waals surface area contributed by atoms with Crippen molar-refractivity contribution >= 4 is 5.78 Å². The summed E-state index contributed by atoms with van der Waals surface area (Å²) >= 11 is 0. The molecule has 0 spiro atoms. The van der Waals surface area contributed by atoms with E-state index in [1.807, 2.05) is 0 Å². The van der Waals surface area contributed by atoms with Crippen LogP contribution in [0.2, 0.25) is 0 Å². The zero-order chi connectivity index (χ0) is 11.1. The smallest absolute Gasteiger partial charge is 0.306 e. The summed E-state index contributed by atoms with van der Waals surface area (Å²) in [4.78, 5) is 11.3. The maximum atomic E-state index is 12.3. The number of halogens is 3. The zero-order valence-electron chi connectivity index (χ0n) is 7.69. The SMILES string of the molecule is O=C1CNCc2cc(C(F)(F)F)ccc21. The molecule has 0 saturated carbocycles. The lowest BCUT2D eigenvalue weighted by molar-refractivity contribution is -0.137. The number of ketones is 1. The van der Waals surface area contributed by atoms with E-state index in [0.29, 0.717) is 17.7 Å². The van der Waals surface area contributed by atoms with Gasteiger partial charge in [0.05, 0.1) is 12.1 Å². The number of fused-ring (bicyclic) bond motifs is 1. The van der Waals surface area contributed by atoms with Crippen LogP contribution in [-0.4, -0.2) is 12.3 Å². The minimum absolute atomic E-state index is 0.162. The van der Waals surface area contributed by atoms with Crippen LogP contribution in [0.15, 0.2) is 18.2 Å². The van der Waals surface area contributed by atoms with Gasteiger partial charge in [-0.3, -0.25) is 4.79 Å². The van der Waals surface area contributed by atoms with E-state index in [4.69, 9.17) is 0 Å². The van der Waals surface area contributed by atoms with Gasteiger partial charge in [-0.05, 0) is 17.7 Å². The summed E-state index contributed by atoms with van der Waals surface area (Å²) in [5.74, 6) is -0.162. The molecule has 0 radical (unpaired) electrons. The Morgan fingerprint density at radius 3 is 2.60 bits per heavy atom. The Morgan fingerprint density at radius 1 is 1.20 bits per heavy atom. The monoisotopic (exact) mass is 215 g/mol. The van der Waals surface area contributed by atoms with E-state index in [2.05, 4.69) is 5.32 Å². The summed E-state index contributed by atoms with van der Waals surface area (Å²) in [6, 6.07) is 3.22. The van der Waals surface area contributed by atoms with Crippen molar-refractivity contribution < 1.29 is 18.0 Å². The first-order valence-electron chi connectivity index (χ1n) is 4.42. The van der Waals surface area contributed by atoms with Gasteiger partial charge in [0.25, 0.3) is 0 Å². The fourth-order valence-electron chi connectivity index (χ4n) is 1.59. The van der Waals surface area contributed by atoms with Crippen molar-refractivity contribution in [2.24, 2.45) is 0 Å². The Hall–Kier alpha value is -1.36. The second-order valence-corrected chi connectivity index (χ2v) is 3.40. The van der Waals surface area contributed by atoms with Gasteiger partial charge in [0.15, 0.2) is 5.78 Å². The van der Waals surface area contributed by atoms with Crippen LogP contribution < -0.4 is 5.32 Å². The average molecular weight is 215 g/mol. The lowest BCUT2D eigenvalue weighted by atomic mass is 9.97. The highest BCUT2D eigenvalue weighted by molar-refractivity contribution is 5.99. The molecule has 0 aromatic heterocycles. The van der Waals surface area contributed by atoms with E-state index >= 15 is 0 Å². The first-order valence-corrected chi connectivity index (χ1v) is 4.42. The van der Waals surface area contributed by atoms with E-state index < -0.39 is 11.7 Å². The van der Waals surface area contributed by atoms with Crippen molar-refractivity contribution in [2.75, 3.05) is 6.54 Å². The number of nitrogens with one attached hydrogen (secondary N) is 1. The van der Waals surface area contributed by atoms with Gasteiger partial charge in [-0.25, -0.2) is 0 Å². The van der Waals surface area contributed by atoms with E-state index in [-0.39, 0.29) is 12.3 Å². The Labute approximate surface area is 84.1 Å². The third kappa shape index (κ3) is 1.87. The lowest BCUT2D eigenvalue weighted by Gasteiger charge is -2.17. The molecule has 1 aromatic carbocycles. The van der Waals surface area contributed by atoms with Crippen LogP contribution in [0.1, 0.15) is 21.5 Å². The summed E-state index contributed by atoms with van der Waals surface area (Å²) in [5, 5.41) is 2.75. The molecule has 1 aliphatic rings. The fourth-order valence-corrected chi connectivity index (χ4v) is 1.59. The van der Waals surface area contributed by atoms with Crippen LogP contribution in [-0.2, 0) is 12.7 Å². The maximum Gasteiger partial charge on any atom is 0.416 e. The number of benzene rings is 1. The van der Waals surface area contributed by atoms with Crippen molar-refractivity contribution in [3.63, 3.8) is 0 Å². The summed E-state index contributed by atoms with van der Waals surface area (Å²) < 4.78 is 37.0. The predicted molar refractivity (Wildman–Crippen MR) is 47.5 cm³/mol. The van der Waals surface area contributed by atoms with Gasteiger partial charge in [-0.1, -0.05) is 6.07 Å². The van der Waals surface area contributed by atoms with E-state index in [9.17, 15) is 18.0 Å². The molecule has 1 aliphatic heterocycles. The van der Waals surface area contributed by atoms with Gasteiger partial charge < -0.3 is 5.32 Å². The van der Waals surface area contributed by atoms with Gasteiger partial charge in [0.2, 0.25) is 0 Å². The van der Waals surface area contributed by atoms with Crippen molar-refractivity contribution in [3.05, 3.63) is 34.9 Å². The van der Waals surface area contributed by atoms with Crippen LogP contribution >= 0.6 is 0 Å². The molecule has 0 bridgehead atoms. The molecule has 0 amide bonds. The number of carbonyl (C=O) groups is 1. The fraction of sp³-hybridized carbons (Fsp3) is 0.300. The number of hydrogen-bond acceptors (Lipinski definition) is 2. The van der Waals surface area contributed by atoms with Gasteiger partial charge >= 0.3 is 6.18 Å². The van der Waals surface area contributed by atoms with E-state index in [0.717, 1.165) is 12.1 Å². The lowest BCUT2D eigenvalue weighted by Crippen LogP contribution is -2.30. The zero-order valence-corrected chi connectivity index (χ0v) is 7.69. The third-order valence-electron chi connectivity index (χ3n) is 2.33. The van der Waals surface area contributed by atoms with Gasteiger partial charge in [0.1, 0.15) is 0 Å². The summed E-state index contributed by atoms with van der Waals surface area (Å²) in [7, 11) is 0. The normalized spacial score (nSPS) is 16.3. The second kappa shape index (κ2) is 3.34. The Bertz CT molecular complexity index is 412. The molecule has 0 aliphatic carbocycles. The molecule has 1 aromatic rings. The number of hydrogen-bond donors (Lipinski definition) is 1. The highest BCUT2D eigenvalue weighted by Gasteiger charge is 2.31. The number of Topliss-reactive ketones (excluding diaryl/α,β-unsaturated/α-hetero) is 1. The highest BCUT2D eigenvalue weighted by Crippen LogP contribution is 2.31. The standard InChI is InChI=1S/C10H8F3NO/c11-10(12,13)7-1-2-8-6(3-7)4-14-5-9(8)15/h1-3,14H,4-5H2. The predicted octanol–water partition coefficient (Wildman–Crippen LogP) is 1.99. The van der Waals surface area contributed by atoms with Crippen LogP contribution in [0.25, 0.3) is 0 Å². The molecule has 1 heterocycles. The highest BCUT2D eigenvalue weighted by atomic mass is 19.4. The molecule has 5 heteroatoms. The van der Waals surface area contributed by atoms with Crippen LogP contribution in [0.4, 0.5) is 13.2 Å². The molecule has 15 heavy (non-hydrogen) atoms. The minimum Gasteiger partial charge on any atom is -0.306 e. The molecule has 0 saturated heterocycles. The van der Waals surface area contributed by atoms with Crippen LogP contribution in [0.5, 0.6) is 0 Å². The topological polar surface area (TPSA) is 29.1 Å². The first kappa shape index (κ1) is 10.2. The molecule has 0 unspecified atom stereocenters. The molecule has 2 rings (SSSR count). The Kier molecular flexibility index (Phi) is 2.26. The number of alkyl halides is 3. The Morgan fingerprint density at radius 2 is 1.93 bits per heavy atom. The van der Waals surface area contributed by atoms with E-state index in [1.54, 1.807) is 0 Å². The van der Waals surface area contributed by atoms with Crippen LogP contribution in [0.3, 0.4) is 0 Å². The van der Waals surface area contributed by atoms with Gasteiger partial charge in [-0.15, -0.1) is 0 Å². The average Bonchev–Trinajstić information content (AvgIpc) is 2.16. The summed E-state index contributed by atoms with van der Waals surface area (Å²) in [5.41, 5.74) is 0.0978. The van der Waals surface area contributed by atoms with Crippen molar-refractivity contribution in [3.8, 4) is 0 Å². The van der Waals surface area contributed by atoms with Gasteiger partial charge in [-0.2, -0.15) is 13.2 Å². The largest absolute Gasteiger partial charge is 0.416 e. The molecule has 0 fully saturated rings. The molecular formula is C10H8F3NO. The number of carbonyl (C=O) groups excluding carboxylic acids is 1. The maximum absolute atomic E-state index is 12.3. The van der Waals surface area contributed by atoms with E-state index in [1.165, 1.54) is 6.07 Å². The quantitative estimate of drug-likeness (QED) is 0.717. The molecular weight excluding hydrogens is 207 g/mol. The summed E-state index contributed by atoms with van der Waals surface area (Å²) in [6.07, 6.45) is -4.35. The van der Waals surface area contributed by atoms with Gasteiger partial charge in [0, 0.05) is 12.1 Å². The third-order valence-corrected chi connectivity index (χ3v) is 2.33. The summed E-state index contributed by atoms with van der Waals surface area (Å²) in [6.45, 7) is 0.503. The molecule has 80 valence electrons. The number of rotatable bonds is 0. The molecule has 0 atom stereocenters. The van der Waals surface area contributed by atoms with Crippen molar-refractivity contribution in [1.82, 2.24) is 5.32 Å². The molecule has 2 nitrogen and oxygen atoms in total. The van der Waals surface area contributed by atoms with Crippen molar-refractivity contribution in [2.45, 2.75) is 12.7 Å². The van der Waals surface area contributed by atoms with Crippen LogP contribution in [0, 0.1) is 0 Å².